The Balaban J connectivity index is 3.66. The third kappa shape index (κ3) is 4.96. The van der Waals surface area contributed by atoms with Crippen LogP contribution in [0.1, 0.15) is 27.2 Å². The van der Waals surface area contributed by atoms with Gasteiger partial charge in [0, 0.05) is 6.04 Å². The Labute approximate surface area is 73.3 Å². The Hall–Kier alpha value is -0.770. The fourth-order valence-electron chi connectivity index (χ4n) is 0.766. The van der Waals surface area contributed by atoms with E-state index in [0.717, 1.165) is 6.42 Å². The van der Waals surface area contributed by atoms with Gasteiger partial charge in [-0.3, -0.25) is 0 Å². The number of hydrogen-bond acceptors (Lipinski definition) is 2. The quantitative estimate of drug-likeness (QED) is 0.580. The number of urea groups is 1. The molecule has 0 fully saturated rings. The maximum absolute atomic E-state index is 11.0. The molecule has 3 N–H and O–H groups in total. The molecule has 0 heterocycles. The lowest BCUT2D eigenvalue weighted by Crippen LogP contribution is -2.45. The highest BCUT2D eigenvalue weighted by atomic mass is 16.3. The predicted molar refractivity (Wildman–Crippen MR) is 48.0 cm³/mol. The van der Waals surface area contributed by atoms with E-state index >= 15 is 0 Å². The molecule has 2 amide bonds. The number of hydrogen-bond donors (Lipinski definition) is 3. The number of carbonyl (C=O) groups is 1. The summed E-state index contributed by atoms with van der Waals surface area (Å²) in [6.45, 7) is 5.68. The Morgan fingerprint density at radius 3 is 2.33 bits per heavy atom. The number of aliphatic hydroxyl groups excluding tert-OH is 1. The van der Waals surface area contributed by atoms with Gasteiger partial charge in [-0.2, -0.15) is 0 Å². The highest BCUT2D eigenvalue weighted by Gasteiger charge is 2.08. The zero-order chi connectivity index (χ0) is 9.56. The van der Waals surface area contributed by atoms with Gasteiger partial charge in [0.1, 0.15) is 0 Å². The van der Waals surface area contributed by atoms with Crippen LogP contribution in [0.5, 0.6) is 0 Å². The van der Waals surface area contributed by atoms with E-state index in [-0.39, 0.29) is 24.7 Å². The van der Waals surface area contributed by atoms with Gasteiger partial charge in [-0.1, -0.05) is 6.92 Å². The van der Waals surface area contributed by atoms with Crippen LogP contribution < -0.4 is 10.6 Å². The Morgan fingerprint density at radius 1 is 1.42 bits per heavy atom. The minimum absolute atomic E-state index is 0.0119. The van der Waals surface area contributed by atoms with Gasteiger partial charge in [-0.05, 0) is 20.3 Å². The summed E-state index contributed by atoms with van der Waals surface area (Å²) >= 11 is 0. The molecule has 0 aliphatic carbocycles. The standard InChI is InChI=1S/C8H18N2O2/c1-4-7(5-11)10-8(12)9-6(2)3/h6-7,11H,4-5H2,1-3H3,(H2,9,10,12)/t7-/m0/s1. The summed E-state index contributed by atoms with van der Waals surface area (Å²) in [6, 6.07) is -0.226. The molecular formula is C8H18N2O2. The highest BCUT2D eigenvalue weighted by Crippen LogP contribution is 1.88. The zero-order valence-electron chi connectivity index (χ0n) is 7.92. The van der Waals surface area contributed by atoms with Crippen LogP contribution in [-0.4, -0.2) is 29.8 Å². The van der Waals surface area contributed by atoms with Gasteiger partial charge in [0.2, 0.25) is 0 Å². The van der Waals surface area contributed by atoms with Gasteiger partial charge in [0.05, 0.1) is 12.6 Å². The molecule has 4 heteroatoms. The monoisotopic (exact) mass is 174 g/mol. The topological polar surface area (TPSA) is 61.4 Å². The van der Waals surface area contributed by atoms with Crippen molar-refractivity contribution in [3.05, 3.63) is 0 Å². The van der Waals surface area contributed by atoms with Crippen LogP contribution in [0.3, 0.4) is 0 Å². The average Bonchev–Trinajstić information content (AvgIpc) is 1.98. The van der Waals surface area contributed by atoms with Gasteiger partial charge < -0.3 is 15.7 Å². The maximum Gasteiger partial charge on any atom is 0.315 e. The summed E-state index contributed by atoms with van der Waals surface area (Å²) in [5.41, 5.74) is 0. The van der Waals surface area contributed by atoms with Crippen LogP contribution in [-0.2, 0) is 0 Å². The van der Waals surface area contributed by atoms with Crippen molar-refractivity contribution in [3.8, 4) is 0 Å². The molecule has 0 radical (unpaired) electrons. The molecule has 12 heavy (non-hydrogen) atoms. The van der Waals surface area contributed by atoms with Crippen molar-refractivity contribution in [2.45, 2.75) is 39.3 Å². The van der Waals surface area contributed by atoms with Crippen molar-refractivity contribution in [2.75, 3.05) is 6.61 Å². The predicted octanol–water partition coefficient (Wildman–Crippen LogP) is 0.465. The molecule has 0 unspecified atom stereocenters. The van der Waals surface area contributed by atoms with E-state index in [4.69, 9.17) is 5.11 Å². The lowest BCUT2D eigenvalue weighted by atomic mass is 10.2. The van der Waals surface area contributed by atoms with Gasteiger partial charge in [0.25, 0.3) is 0 Å². The minimum atomic E-state index is -0.217. The van der Waals surface area contributed by atoms with E-state index < -0.39 is 0 Å². The second-order valence-corrected chi connectivity index (χ2v) is 3.06. The van der Waals surface area contributed by atoms with Crippen LogP contribution in [0.4, 0.5) is 4.79 Å². The Bertz CT molecular complexity index is 133. The molecule has 0 aromatic carbocycles. The second-order valence-electron chi connectivity index (χ2n) is 3.06. The third-order valence-corrected chi connectivity index (χ3v) is 1.47. The van der Waals surface area contributed by atoms with Gasteiger partial charge in [0.15, 0.2) is 0 Å². The number of nitrogens with one attached hydrogen (secondary N) is 2. The van der Waals surface area contributed by atoms with Crippen LogP contribution in [0.15, 0.2) is 0 Å². The number of carbonyl (C=O) groups excluding carboxylic acids is 1. The minimum Gasteiger partial charge on any atom is -0.394 e. The van der Waals surface area contributed by atoms with Gasteiger partial charge >= 0.3 is 6.03 Å². The van der Waals surface area contributed by atoms with E-state index in [0.29, 0.717) is 0 Å². The SMILES string of the molecule is CC[C@@H](CO)NC(=O)NC(C)C. The molecule has 0 bridgehead atoms. The van der Waals surface area contributed by atoms with Crippen molar-refractivity contribution in [1.82, 2.24) is 10.6 Å². The molecule has 4 nitrogen and oxygen atoms in total. The van der Waals surface area contributed by atoms with Crippen LogP contribution in [0.25, 0.3) is 0 Å². The first-order valence-corrected chi connectivity index (χ1v) is 4.28. The second kappa shape index (κ2) is 5.83. The summed E-state index contributed by atoms with van der Waals surface area (Å²) in [6.07, 6.45) is 0.738. The lowest BCUT2D eigenvalue weighted by Gasteiger charge is -2.16. The molecular weight excluding hydrogens is 156 g/mol. The number of aliphatic hydroxyl groups is 1. The van der Waals surface area contributed by atoms with Crippen molar-refractivity contribution >= 4 is 6.03 Å². The molecule has 0 saturated heterocycles. The lowest BCUT2D eigenvalue weighted by molar-refractivity contribution is 0.213. The number of amides is 2. The highest BCUT2D eigenvalue weighted by molar-refractivity contribution is 5.74. The first kappa shape index (κ1) is 11.2. The maximum atomic E-state index is 11.0. The van der Waals surface area contributed by atoms with Crippen molar-refractivity contribution in [2.24, 2.45) is 0 Å². The molecule has 0 aromatic heterocycles. The van der Waals surface area contributed by atoms with E-state index in [9.17, 15) is 4.79 Å². The fourth-order valence-corrected chi connectivity index (χ4v) is 0.766. The largest absolute Gasteiger partial charge is 0.394 e. The Morgan fingerprint density at radius 2 is 2.00 bits per heavy atom. The van der Waals surface area contributed by atoms with Crippen molar-refractivity contribution < 1.29 is 9.90 Å². The van der Waals surface area contributed by atoms with Crippen LogP contribution in [0, 0.1) is 0 Å². The fraction of sp³-hybridized carbons (Fsp3) is 0.875. The van der Waals surface area contributed by atoms with Crippen molar-refractivity contribution in [3.63, 3.8) is 0 Å². The summed E-state index contributed by atoms with van der Waals surface area (Å²) in [4.78, 5) is 11.0. The first-order valence-electron chi connectivity index (χ1n) is 4.28. The molecule has 0 rings (SSSR count). The van der Waals surface area contributed by atoms with Gasteiger partial charge in [-0.15, -0.1) is 0 Å². The van der Waals surface area contributed by atoms with Crippen LogP contribution in [0.2, 0.25) is 0 Å². The van der Waals surface area contributed by atoms with Crippen molar-refractivity contribution in [1.29, 1.82) is 0 Å². The molecule has 0 spiro atoms. The zero-order valence-corrected chi connectivity index (χ0v) is 7.92. The van der Waals surface area contributed by atoms with E-state index in [1.54, 1.807) is 0 Å². The molecule has 0 aliphatic heterocycles. The van der Waals surface area contributed by atoms with Crippen LogP contribution >= 0.6 is 0 Å². The smallest absolute Gasteiger partial charge is 0.315 e. The molecule has 0 aromatic rings. The molecule has 0 aliphatic rings. The molecule has 72 valence electrons. The average molecular weight is 174 g/mol. The molecule has 0 saturated carbocycles. The Kier molecular flexibility index (Phi) is 5.45. The van der Waals surface area contributed by atoms with E-state index in [2.05, 4.69) is 10.6 Å². The third-order valence-electron chi connectivity index (χ3n) is 1.47. The normalized spacial score (nSPS) is 12.8. The summed E-state index contributed by atoms with van der Waals surface area (Å²) in [7, 11) is 0. The summed E-state index contributed by atoms with van der Waals surface area (Å²) < 4.78 is 0. The molecule has 1 atom stereocenters. The van der Waals surface area contributed by atoms with E-state index in [1.165, 1.54) is 0 Å². The van der Waals surface area contributed by atoms with E-state index in [1.807, 2.05) is 20.8 Å². The number of rotatable bonds is 4. The first-order chi connectivity index (χ1) is 5.60. The summed E-state index contributed by atoms with van der Waals surface area (Å²) in [5, 5.41) is 14.1. The van der Waals surface area contributed by atoms with Gasteiger partial charge in [-0.25, -0.2) is 4.79 Å². The summed E-state index contributed by atoms with van der Waals surface area (Å²) in [5.74, 6) is 0.